The molecule has 1 aliphatic rings. The molecular weight excluding hydrogens is 364 g/mol. The Balaban J connectivity index is 1.84. The minimum Gasteiger partial charge on any atom is -0.495 e. The molecule has 1 fully saturated rings. The summed E-state index contributed by atoms with van der Waals surface area (Å²) in [6, 6.07) is 5.57. The molecule has 1 aliphatic heterocycles. The van der Waals surface area contributed by atoms with Crippen molar-refractivity contribution < 1.29 is 9.53 Å². The number of nitrogens with zero attached hydrogens (tertiary/aromatic N) is 3. The number of carbonyl (C=O) groups is 1. The third kappa shape index (κ3) is 4.33. The number of ether oxygens (including phenoxy) is 1. The largest absolute Gasteiger partial charge is 0.495 e. The predicted octanol–water partition coefficient (Wildman–Crippen LogP) is 4.60. The molecule has 144 valence electrons. The number of benzene rings is 1. The van der Waals surface area contributed by atoms with Crippen molar-refractivity contribution >= 4 is 29.1 Å². The van der Waals surface area contributed by atoms with Crippen molar-refractivity contribution in [2.45, 2.75) is 45.6 Å². The first-order valence-electron chi connectivity index (χ1n) is 9.28. The number of carbonyl (C=O) groups excluding carboxylic acids is 1. The number of likely N-dealkylation sites (tertiary alicyclic amines) is 1. The first kappa shape index (κ1) is 19.4. The van der Waals surface area contributed by atoms with Crippen LogP contribution < -0.4 is 10.1 Å². The first-order valence-corrected chi connectivity index (χ1v) is 9.66. The van der Waals surface area contributed by atoms with E-state index in [0.717, 1.165) is 31.4 Å². The van der Waals surface area contributed by atoms with E-state index >= 15 is 0 Å². The van der Waals surface area contributed by atoms with Gasteiger partial charge in [-0.3, -0.25) is 4.79 Å². The van der Waals surface area contributed by atoms with E-state index in [4.69, 9.17) is 16.3 Å². The van der Waals surface area contributed by atoms with Gasteiger partial charge in [0.1, 0.15) is 11.4 Å². The van der Waals surface area contributed by atoms with Gasteiger partial charge in [-0.1, -0.05) is 18.5 Å². The van der Waals surface area contributed by atoms with Gasteiger partial charge in [-0.2, -0.15) is 0 Å². The number of nitrogens with one attached hydrogen (secondary N) is 1. The van der Waals surface area contributed by atoms with Crippen LogP contribution in [-0.4, -0.2) is 40.5 Å². The molecule has 0 radical (unpaired) electrons. The van der Waals surface area contributed by atoms with Crippen molar-refractivity contribution in [3.8, 4) is 5.75 Å². The molecule has 1 aromatic heterocycles. The van der Waals surface area contributed by atoms with Gasteiger partial charge in [-0.05, 0) is 50.3 Å². The van der Waals surface area contributed by atoms with Crippen LogP contribution in [-0.2, 0) is 0 Å². The van der Waals surface area contributed by atoms with Crippen LogP contribution in [0.3, 0.4) is 0 Å². The molecule has 1 unspecified atom stereocenters. The molecule has 7 heteroatoms. The lowest BCUT2D eigenvalue weighted by atomic mass is 9.99. The van der Waals surface area contributed by atoms with E-state index in [1.807, 2.05) is 17.9 Å². The van der Waals surface area contributed by atoms with Crippen molar-refractivity contribution in [2.24, 2.45) is 0 Å². The molecule has 1 saturated heterocycles. The number of aromatic nitrogens is 2. The monoisotopic (exact) mass is 388 g/mol. The highest BCUT2D eigenvalue weighted by Crippen LogP contribution is 2.32. The van der Waals surface area contributed by atoms with Gasteiger partial charge in [-0.15, -0.1) is 0 Å². The van der Waals surface area contributed by atoms with Crippen LogP contribution in [0.1, 0.15) is 48.7 Å². The van der Waals surface area contributed by atoms with Crippen LogP contribution in [0.25, 0.3) is 0 Å². The third-order valence-corrected chi connectivity index (χ3v) is 5.37. The number of amides is 1. The van der Waals surface area contributed by atoms with Gasteiger partial charge in [0.2, 0.25) is 5.95 Å². The lowest BCUT2D eigenvalue weighted by molar-refractivity contribution is 0.0602. The molecule has 1 aromatic carbocycles. The van der Waals surface area contributed by atoms with Crippen molar-refractivity contribution in [2.75, 3.05) is 19.0 Å². The second kappa shape index (κ2) is 8.57. The molecule has 1 N–H and O–H groups in total. The Labute approximate surface area is 164 Å². The van der Waals surface area contributed by atoms with Gasteiger partial charge in [0.05, 0.1) is 12.8 Å². The summed E-state index contributed by atoms with van der Waals surface area (Å²) in [5.74, 6) is 0.908. The van der Waals surface area contributed by atoms with E-state index in [1.54, 1.807) is 25.4 Å². The zero-order valence-electron chi connectivity index (χ0n) is 16.0. The fourth-order valence-electron chi connectivity index (χ4n) is 3.43. The van der Waals surface area contributed by atoms with Crippen molar-refractivity contribution in [3.05, 3.63) is 40.7 Å². The van der Waals surface area contributed by atoms with Crippen molar-refractivity contribution in [1.82, 2.24) is 14.9 Å². The summed E-state index contributed by atoms with van der Waals surface area (Å²) in [5.41, 5.74) is 2.01. The van der Waals surface area contributed by atoms with Gasteiger partial charge in [-0.25, -0.2) is 9.97 Å². The average Bonchev–Trinajstić information content (AvgIpc) is 2.70. The molecule has 27 heavy (non-hydrogen) atoms. The summed E-state index contributed by atoms with van der Waals surface area (Å²) < 4.78 is 5.38. The summed E-state index contributed by atoms with van der Waals surface area (Å²) >= 11 is 6.16. The SMILES string of the molecule is CCC1CCCCN1C(=O)c1ccnc(Nc2cc(C)c(Cl)cc2OC)n1. The van der Waals surface area contributed by atoms with Crippen molar-refractivity contribution in [3.63, 3.8) is 0 Å². The van der Waals surface area contributed by atoms with Crippen LogP contribution in [0.15, 0.2) is 24.4 Å². The maximum atomic E-state index is 13.0. The van der Waals surface area contributed by atoms with Gasteiger partial charge < -0.3 is 15.0 Å². The second-order valence-electron chi connectivity index (χ2n) is 6.75. The molecule has 0 aliphatic carbocycles. The number of hydrogen-bond acceptors (Lipinski definition) is 5. The average molecular weight is 389 g/mol. The fraction of sp³-hybridized carbons (Fsp3) is 0.450. The standard InChI is InChI=1S/C20H25ClN4O2/c1-4-14-7-5-6-10-25(14)19(26)16-8-9-22-20(23-16)24-17-11-13(2)15(21)12-18(17)27-3/h8-9,11-12,14H,4-7,10H2,1-3H3,(H,22,23,24). The smallest absolute Gasteiger partial charge is 0.272 e. The molecule has 2 heterocycles. The van der Waals surface area contributed by atoms with E-state index in [2.05, 4.69) is 22.2 Å². The molecule has 2 aromatic rings. The maximum Gasteiger partial charge on any atom is 0.272 e. The van der Waals surface area contributed by atoms with Gasteiger partial charge in [0.15, 0.2) is 0 Å². The van der Waals surface area contributed by atoms with Crippen LogP contribution >= 0.6 is 11.6 Å². The summed E-state index contributed by atoms with van der Waals surface area (Å²) in [6.07, 6.45) is 5.83. The maximum absolute atomic E-state index is 13.0. The number of aryl methyl sites for hydroxylation is 1. The Kier molecular flexibility index (Phi) is 6.16. The molecule has 1 atom stereocenters. The Morgan fingerprint density at radius 3 is 2.96 bits per heavy atom. The van der Waals surface area contributed by atoms with E-state index < -0.39 is 0 Å². The minimum absolute atomic E-state index is 0.0359. The third-order valence-electron chi connectivity index (χ3n) is 4.96. The Morgan fingerprint density at radius 1 is 1.41 bits per heavy atom. The quantitative estimate of drug-likeness (QED) is 0.810. The predicted molar refractivity (Wildman–Crippen MR) is 107 cm³/mol. The molecule has 0 bridgehead atoms. The van der Waals surface area contributed by atoms with Gasteiger partial charge >= 0.3 is 0 Å². The highest BCUT2D eigenvalue weighted by Gasteiger charge is 2.27. The van der Waals surface area contributed by atoms with Crippen LogP contribution in [0.4, 0.5) is 11.6 Å². The number of rotatable bonds is 5. The van der Waals surface area contributed by atoms with Crippen LogP contribution in [0.2, 0.25) is 5.02 Å². The van der Waals surface area contributed by atoms with Gasteiger partial charge in [0, 0.05) is 29.9 Å². The Hall–Kier alpha value is -2.34. The molecule has 1 amide bonds. The summed E-state index contributed by atoms with van der Waals surface area (Å²) in [4.78, 5) is 23.6. The molecule has 3 rings (SSSR count). The summed E-state index contributed by atoms with van der Waals surface area (Å²) in [6.45, 7) is 4.82. The minimum atomic E-state index is -0.0359. The van der Waals surface area contributed by atoms with Crippen LogP contribution in [0.5, 0.6) is 5.75 Å². The van der Waals surface area contributed by atoms with E-state index in [-0.39, 0.29) is 11.9 Å². The van der Waals surface area contributed by atoms with Gasteiger partial charge in [0.25, 0.3) is 5.91 Å². The van der Waals surface area contributed by atoms with Crippen LogP contribution in [0, 0.1) is 6.92 Å². The number of halogens is 1. The first-order chi connectivity index (χ1) is 13.0. The second-order valence-corrected chi connectivity index (χ2v) is 7.16. The van der Waals surface area contributed by atoms with E-state index in [1.165, 1.54) is 6.42 Å². The lowest BCUT2D eigenvalue weighted by Gasteiger charge is -2.35. The number of anilines is 2. The lowest BCUT2D eigenvalue weighted by Crippen LogP contribution is -2.43. The normalized spacial score (nSPS) is 16.9. The summed E-state index contributed by atoms with van der Waals surface area (Å²) in [5, 5.41) is 3.76. The molecule has 0 saturated carbocycles. The molecule has 0 spiro atoms. The topological polar surface area (TPSA) is 67.4 Å². The fourth-order valence-corrected chi connectivity index (χ4v) is 3.58. The zero-order chi connectivity index (χ0) is 19.4. The molecule has 6 nitrogen and oxygen atoms in total. The zero-order valence-corrected chi connectivity index (χ0v) is 16.7. The summed E-state index contributed by atoms with van der Waals surface area (Å²) in [7, 11) is 1.58. The van der Waals surface area contributed by atoms with Crippen molar-refractivity contribution in [1.29, 1.82) is 0 Å². The highest BCUT2D eigenvalue weighted by atomic mass is 35.5. The van der Waals surface area contributed by atoms with E-state index in [0.29, 0.717) is 28.1 Å². The number of piperidine rings is 1. The number of hydrogen-bond donors (Lipinski definition) is 1. The Bertz CT molecular complexity index is 828. The number of methoxy groups -OCH3 is 1. The molecular formula is C20H25ClN4O2. The van der Waals surface area contributed by atoms with E-state index in [9.17, 15) is 4.79 Å². The highest BCUT2D eigenvalue weighted by molar-refractivity contribution is 6.31. The Morgan fingerprint density at radius 2 is 2.22 bits per heavy atom.